The van der Waals surface area contributed by atoms with Gasteiger partial charge in [-0.25, -0.2) is 0 Å². The zero-order valence-corrected chi connectivity index (χ0v) is 16.9. The molecule has 0 radical (unpaired) electrons. The van der Waals surface area contributed by atoms with Crippen LogP contribution in [0.15, 0.2) is 24.8 Å². The lowest BCUT2D eigenvalue weighted by Gasteiger charge is -2.27. The Morgan fingerprint density at radius 3 is 1.86 bits per heavy atom. The summed E-state index contributed by atoms with van der Waals surface area (Å²) in [6.07, 6.45) is 2.34. The van der Waals surface area contributed by atoms with E-state index in [0.717, 1.165) is 5.56 Å². The van der Waals surface area contributed by atoms with E-state index in [1.54, 1.807) is 12.1 Å². The zero-order valence-electron chi connectivity index (χ0n) is 14.9. The smallest absolute Gasteiger partial charge is 0.200 e. The first-order chi connectivity index (χ1) is 9.89. The predicted molar refractivity (Wildman–Crippen MR) is 98.0 cm³/mol. The maximum atomic E-state index is 9.29. The highest BCUT2D eigenvalue weighted by Gasteiger charge is 2.24. The first kappa shape index (κ1) is 20.8. The molecule has 126 valence electrons. The molecule has 0 bridgehead atoms. The lowest BCUT2D eigenvalue weighted by molar-refractivity contribution is 0.350. The molecule has 0 fully saturated rings. The summed E-state index contributed by atoms with van der Waals surface area (Å²) in [5, 5.41) is 18.6. The van der Waals surface area contributed by atoms with Crippen molar-refractivity contribution in [3.05, 3.63) is 30.4 Å². The summed E-state index contributed by atoms with van der Waals surface area (Å²) >= 11 is 0. The Hall–Kier alpha value is -1.25. The number of allylic oxidation sites excluding steroid dienone is 1. The molecule has 0 aliphatic carbocycles. The van der Waals surface area contributed by atoms with Gasteiger partial charge in [-0.3, -0.25) is 0 Å². The zero-order chi connectivity index (χ0) is 17.6. The number of rotatable bonds is 5. The Morgan fingerprint density at radius 1 is 1.05 bits per heavy atom. The van der Waals surface area contributed by atoms with Crippen LogP contribution in [0.5, 0.6) is 17.2 Å². The first-order valence-electron chi connectivity index (χ1n) is 7.29. The fourth-order valence-corrected chi connectivity index (χ4v) is 9.36. The monoisotopic (exact) mass is 342 g/mol. The Bertz CT molecular complexity index is 476. The molecule has 4 nitrogen and oxygen atoms in total. The topological polar surface area (TPSA) is 58.9 Å². The van der Waals surface area contributed by atoms with Gasteiger partial charge in [-0.15, -0.1) is 6.58 Å². The van der Waals surface area contributed by atoms with Crippen LogP contribution in [0.25, 0.3) is 0 Å². The largest absolute Gasteiger partial charge is 0.504 e. The molecule has 1 aromatic rings. The summed E-state index contributed by atoms with van der Waals surface area (Å²) in [4.78, 5) is 0. The van der Waals surface area contributed by atoms with Crippen molar-refractivity contribution in [3.8, 4) is 17.2 Å². The third-order valence-electron chi connectivity index (χ3n) is 2.33. The van der Waals surface area contributed by atoms with Gasteiger partial charge in [0.15, 0.2) is 28.1 Å². The first-order valence-corrected chi connectivity index (χ1v) is 14.1. The second-order valence-electron chi connectivity index (χ2n) is 6.99. The summed E-state index contributed by atoms with van der Waals surface area (Å²) in [6.45, 7) is 17.0. The minimum Gasteiger partial charge on any atom is -0.504 e. The van der Waals surface area contributed by atoms with Crippen molar-refractivity contribution in [2.75, 3.05) is 7.11 Å². The Kier molecular flexibility index (Phi) is 7.93. The highest BCUT2D eigenvalue weighted by Crippen LogP contribution is 2.36. The third-order valence-corrected chi connectivity index (χ3v) is 7.23. The van der Waals surface area contributed by atoms with Crippen molar-refractivity contribution < 1.29 is 19.1 Å². The molecule has 2 N–H and O–H groups in total. The molecule has 0 aliphatic rings. The molecule has 0 spiro atoms. The van der Waals surface area contributed by atoms with Crippen LogP contribution in [0.2, 0.25) is 39.3 Å². The standard InChI is InChI=1S/C10H12O3.C6H18OSi2/c1-3-4-7-5-8(11)10(12)9(6-7)13-2;1-8(2,3)7-9(4,5)6/h3,5-6,11-12H,1,4H2,2H3;1-6H3. The van der Waals surface area contributed by atoms with E-state index in [2.05, 4.69) is 45.9 Å². The summed E-state index contributed by atoms with van der Waals surface area (Å²) in [7, 11) is -1.03. The van der Waals surface area contributed by atoms with Gasteiger partial charge >= 0.3 is 0 Å². The molecule has 1 rings (SSSR count). The van der Waals surface area contributed by atoms with Crippen LogP contribution < -0.4 is 4.74 Å². The van der Waals surface area contributed by atoms with Gasteiger partial charge in [0.25, 0.3) is 0 Å². The number of phenols is 2. The number of hydrogen-bond donors (Lipinski definition) is 2. The predicted octanol–water partition coefficient (Wildman–Crippen LogP) is 4.51. The van der Waals surface area contributed by atoms with Crippen LogP contribution in [0.3, 0.4) is 0 Å². The lowest BCUT2D eigenvalue weighted by Crippen LogP contribution is -2.39. The van der Waals surface area contributed by atoms with E-state index in [9.17, 15) is 10.2 Å². The maximum Gasteiger partial charge on any atom is 0.200 e. The van der Waals surface area contributed by atoms with Gasteiger partial charge in [0.05, 0.1) is 7.11 Å². The fraction of sp³-hybridized carbons (Fsp3) is 0.500. The summed E-state index contributed by atoms with van der Waals surface area (Å²) in [5.41, 5.74) is 0.849. The minimum absolute atomic E-state index is 0.170. The second-order valence-corrected chi connectivity index (χ2v) is 16.3. The van der Waals surface area contributed by atoms with Gasteiger partial charge in [-0.1, -0.05) is 6.08 Å². The number of phenolic OH excluding ortho intramolecular Hbond substituents is 2. The van der Waals surface area contributed by atoms with Crippen LogP contribution >= 0.6 is 0 Å². The molecule has 0 saturated heterocycles. The van der Waals surface area contributed by atoms with E-state index in [4.69, 9.17) is 8.85 Å². The van der Waals surface area contributed by atoms with Gasteiger partial charge in [0.2, 0.25) is 5.75 Å². The molecule has 22 heavy (non-hydrogen) atoms. The van der Waals surface area contributed by atoms with Crippen LogP contribution in [0.1, 0.15) is 5.56 Å². The second kappa shape index (κ2) is 8.40. The van der Waals surface area contributed by atoms with Crippen LogP contribution in [0.4, 0.5) is 0 Å². The van der Waals surface area contributed by atoms with Crippen molar-refractivity contribution in [1.82, 2.24) is 0 Å². The van der Waals surface area contributed by atoms with Crippen molar-refractivity contribution in [2.24, 2.45) is 0 Å². The van der Waals surface area contributed by atoms with Crippen molar-refractivity contribution in [2.45, 2.75) is 45.7 Å². The van der Waals surface area contributed by atoms with E-state index >= 15 is 0 Å². The fourth-order valence-electron chi connectivity index (χ4n) is 2.01. The van der Waals surface area contributed by atoms with Crippen LogP contribution in [0, 0.1) is 0 Å². The molecule has 0 heterocycles. The SMILES string of the molecule is C=CCc1cc(O)c(O)c(OC)c1.C[Si](C)(C)O[Si](C)(C)C. The summed E-state index contributed by atoms with van der Waals surface area (Å²) in [5.74, 6) is -0.122. The molecular weight excluding hydrogens is 312 g/mol. The van der Waals surface area contributed by atoms with E-state index in [-0.39, 0.29) is 17.2 Å². The average Bonchev–Trinajstić information content (AvgIpc) is 2.30. The van der Waals surface area contributed by atoms with Crippen molar-refractivity contribution >= 4 is 16.6 Å². The highest BCUT2D eigenvalue weighted by atomic mass is 28.4. The molecule has 0 atom stereocenters. The Balaban J connectivity index is 0.000000433. The van der Waals surface area contributed by atoms with Gasteiger partial charge in [0.1, 0.15) is 0 Å². The van der Waals surface area contributed by atoms with E-state index < -0.39 is 16.6 Å². The normalized spacial score (nSPS) is 11.4. The molecule has 0 aliphatic heterocycles. The lowest BCUT2D eigenvalue weighted by atomic mass is 10.1. The number of methoxy groups -OCH3 is 1. The van der Waals surface area contributed by atoms with E-state index in [1.807, 2.05) is 0 Å². The maximum absolute atomic E-state index is 9.29. The number of hydrogen-bond acceptors (Lipinski definition) is 4. The molecule has 0 amide bonds. The number of ether oxygens (including phenoxy) is 1. The molecule has 0 unspecified atom stereocenters. The third kappa shape index (κ3) is 8.91. The van der Waals surface area contributed by atoms with Crippen molar-refractivity contribution in [3.63, 3.8) is 0 Å². The molecule has 6 heteroatoms. The van der Waals surface area contributed by atoms with Gasteiger partial charge < -0.3 is 19.1 Å². The van der Waals surface area contributed by atoms with Gasteiger partial charge in [-0.05, 0) is 63.4 Å². The summed E-state index contributed by atoms with van der Waals surface area (Å²) < 4.78 is 10.8. The Morgan fingerprint density at radius 2 is 1.55 bits per heavy atom. The molecule has 0 saturated carbocycles. The number of benzene rings is 1. The minimum atomic E-state index is -1.23. The molecule has 0 aromatic heterocycles. The molecular formula is C16H30O4Si2. The quantitative estimate of drug-likeness (QED) is 0.469. The summed E-state index contributed by atoms with van der Waals surface area (Å²) in [6, 6.07) is 3.15. The molecule has 1 aromatic carbocycles. The van der Waals surface area contributed by atoms with Crippen LogP contribution in [-0.2, 0) is 10.5 Å². The van der Waals surface area contributed by atoms with Crippen LogP contribution in [-0.4, -0.2) is 34.0 Å². The van der Waals surface area contributed by atoms with Gasteiger partial charge in [0, 0.05) is 0 Å². The van der Waals surface area contributed by atoms with Crippen molar-refractivity contribution in [1.29, 1.82) is 0 Å². The van der Waals surface area contributed by atoms with Gasteiger partial charge in [-0.2, -0.15) is 0 Å². The average molecular weight is 343 g/mol. The Labute approximate surface area is 136 Å². The highest BCUT2D eigenvalue weighted by molar-refractivity contribution is 6.83. The number of aromatic hydroxyl groups is 2. The van der Waals surface area contributed by atoms with E-state index in [0.29, 0.717) is 6.42 Å². The van der Waals surface area contributed by atoms with E-state index in [1.165, 1.54) is 13.2 Å².